The molecule has 1 N–H and O–H groups in total. The number of aromatic carboxylic acids is 1. The van der Waals surface area contributed by atoms with E-state index in [0.717, 1.165) is 14.2 Å². The Kier molecular flexibility index (Phi) is 5.41. The lowest BCUT2D eigenvalue weighted by atomic mass is 10.1. The quantitative estimate of drug-likeness (QED) is 0.467. The zero-order valence-electron chi connectivity index (χ0n) is 11.2. The van der Waals surface area contributed by atoms with E-state index < -0.39 is 30.0 Å². The van der Waals surface area contributed by atoms with Crippen LogP contribution in [0.4, 0.5) is 0 Å². The average molecular weight is 296 g/mol. The van der Waals surface area contributed by atoms with Crippen LogP contribution in [-0.4, -0.2) is 49.3 Å². The summed E-state index contributed by atoms with van der Waals surface area (Å²) in [5, 5.41) is 8.73. The zero-order chi connectivity index (χ0) is 16.0. The molecule has 112 valence electrons. The summed E-state index contributed by atoms with van der Waals surface area (Å²) in [6, 6.07) is 4.75. The molecule has 0 atom stereocenters. The van der Waals surface area contributed by atoms with Crippen LogP contribution in [0.3, 0.4) is 0 Å². The molecular weight excluding hydrogens is 284 g/mol. The second kappa shape index (κ2) is 7.04. The lowest BCUT2D eigenvalue weighted by Gasteiger charge is -2.13. The number of carbonyl (C=O) groups excluding carboxylic acids is 3. The molecule has 0 bridgehead atoms. The summed E-state index contributed by atoms with van der Waals surface area (Å²) in [4.78, 5) is 45.2. The zero-order valence-corrected chi connectivity index (χ0v) is 11.2. The molecule has 8 nitrogen and oxygen atoms in total. The number of rotatable bonds is 5. The predicted octanol–water partition coefficient (Wildman–Crippen LogP) is 0.256. The van der Waals surface area contributed by atoms with Crippen molar-refractivity contribution in [3.8, 4) is 0 Å². The molecule has 0 spiro atoms. The molecule has 0 radical (unpaired) electrons. The Balaban J connectivity index is 2.89. The van der Waals surface area contributed by atoms with Gasteiger partial charge in [0.05, 0.1) is 25.3 Å². The summed E-state index contributed by atoms with van der Waals surface area (Å²) < 4.78 is 13.4. The third-order valence-corrected chi connectivity index (χ3v) is 2.42. The highest BCUT2D eigenvalue weighted by atomic mass is 16.6. The van der Waals surface area contributed by atoms with Crippen molar-refractivity contribution in [1.82, 2.24) is 0 Å². The first kappa shape index (κ1) is 16.2. The molecular formula is C13H12O8. The van der Waals surface area contributed by atoms with E-state index in [1.54, 1.807) is 0 Å². The van der Waals surface area contributed by atoms with Gasteiger partial charge in [0.15, 0.2) is 0 Å². The number of carboxylic acid groups (broad SMARTS) is 1. The average Bonchev–Trinajstić information content (AvgIpc) is 2.50. The first-order valence-electron chi connectivity index (χ1n) is 5.60. The Hall–Kier alpha value is -2.90. The Morgan fingerprint density at radius 2 is 1.33 bits per heavy atom. The Labute approximate surface area is 119 Å². The monoisotopic (exact) mass is 296 g/mol. The molecule has 0 heterocycles. The van der Waals surface area contributed by atoms with E-state index in [0.29, 0.717) is 0 Å². The second-order valence-corrected chi connectivity index (χ2v) is 3.71. The molecule has 8 heteroatoms. The van der Waals surface area contributed by atoms with Crippen LogP contribution in [0.1, 0.15) is 20.7 Å². The van der Waals surface area contributed by atoms with Gasteiger partial charge in [0.1, 0.15) is 0 Å². The number of carbonyl (C=O) groups is 4. The van der Waals surface area contributed by atoms with E-state index >= 15 is 0 Å². The SMILES string of the molecule is COC(=O)C(OC(=O)c1ccc(C(=O)O)cc1)C(=O)OC. The molecule has 0 saturated carbocycles. The van der Waals surface area contributed by atoms with Gasteiger partial charge in [-0.05, 0) is 24.3 Å². The Bertz CT molecular complexity index is 544. The number of carboxylic acids is 1. The molecule has 1 rings (SSSR count). The largest absolute Gasteiger partial charge is 0.478 e. The fourth-order valence-electron chi connectivity index (χ4n) is 1.33. The van der Waals surface area contributed by atoms with Crippen molar-refractivity contribution in [1.29, 1.82) is 0 Å². The molecule has 1 aromatic carbocycles. The van der Waals surface area contributed by atoms with Gasteiger partial charge < -0.3 is 19.3 Å². The highest BCUT2D eigenvalue weighted by molar-refractivity contribution is 6.02. The minimum absolute atomic E-state index is 0.0240. The van der Waals surface area contributed by atoms with Crippen LogP contribution in [0.15, 0.2) is 24.3 Å². The normalized spacial score (nSPS) is 9.86. The van der Waals surface area contributed by atoms with Crippen molar-refractivity contribution in [3.63, 3.8) is 0 Å². The van der Waals surface area contributed by atoms with E-state index in [9.17, 15) is 19.2 Å². The van der Waals surface area contributed by atoms with Crippen LogP contribution in [-0.2, 0) is 23.8 Å². The van der Waals surface area contributed by atoms with Crippen molar-refractivity contribution >= 4 is 23.9 Å². The maximum atomic E-state index is 11.8. The van der Waals surface area contributed by atoms with Gasteiger partial charge >= 0.3 is 23.9 Å². The number of esters is 3. The van der Waals surface area contributed by atoms with Gasteiger partial charge in [0, 0.05) is 0 Å². The topological polar surface area (TPSA) is 116 Å². The van der Waals surface area contributed by atoms with Gasteiger partial charge in [0.25, 0.3) is 6.10 Å². The first-order valence-corrected chi connectivity index (χ1v) is 5.60. The van der Waals surface area contributed by atoms with E-state index in [1.807, 2.05) is 0 Å². The molecule has 0 fully saturated rings. The number of ether oxygens (including phenoxy) is 3. The van der Waals surface area contributed by atoms with Crippen molar-refractivity contribution in [2.45, 2.75) is 6.10 Å². The van der Waals surface area contributed by atoms with Crippen LogP contribution >= 0.6 is 0 Å². The van der Waals surface area contributed by atoms with Crippen LogP contribution < -0.4 is 0 Å². The van der Waals surface area contributed by atoms with Gasteiger partial charge in [-0.1, -0.05) is 0 Å². The Morgan fingerprint density at radius 1 is 0.905 bits per heavy atom. The van der Waals surface area contributed by atoms with E-state index in [2.05, 4.69) is 9.47 Å². The summed E-state index contributed by atoms with van der Waals surface area (Å²) in [7, 11) is 2.04. The minimum Gasteiger partial charge on any atom is -0.478 e. The number of hydrogen-bond donors (Lipinski definition) is 1. The molecule has 1 aromatic rings. The van der Waals surface area contributed by atoms with Crippen LogP contribution in [0.5, 0.6) is 0 Å². The lowest BCUT2D eigenvalue weighted by molar-refractivity contribution is -0.165. The van der Waals surface area contributed by atoms with E-state index in [4.69, 9.17) is 9.84 Å². The summed E-state index contributed by atoms with van der Waals surface area (Å²) in [6.07, 6.45) is -1.84. The standard InChI is InChI=1S/C13H12O8/c1-19-12(17)9(13(18)20-2)21-11(16)8-5-3-7(4-6-8)10(14)15/h3-6,9H,1-2H3,(H,14,15). The van der Waals surface area contributed by atoms with Crippen LogP contribution in [0.2, 0.25) is 0 Å². The summed E-state index contributed by atoms with van der Waals surface area (Å²) in [5.74, 6) is -4.32. The number of benzene rings is 1. The summed E-state index contributed by atoms with van der Waals surface area (Å²) in [6.45, 7) is 0. The van der Waals surface area contributed by atoms with Gasteiger partial charge in [-0.3, -0.25) is 0 Å². The Morgan fingerprint density at radius 3 is 1.71 bits per heavy atom. The maximum Gasteiger partial charge on any atom is 0.359 e. The van der Waals surface area contributed by atoms with Gasteiger partial charge in [0.2, 0.25) is 0 Å². The van der Waals surface area contributed by atoms with Crippen molar-refractivity contribution in [3.05, 3.63) is 35.4 Å². The van der Waals surface area contributed by atoms with Crippen LogP contribution in [0.25, 0.3) is 0 Å². The van der Waals surface area contributed by atoms with E-state index in [-0.39, 0.29) is 11.1 Å². The fraction of sp³-hybridized carbons (Fsp3) is 0.231. The summed E-state index contributed by atoms with van der Waals surface area (Å²) in [5.41, 5.74) is -0.0539. The van der Waals surface area contributed by atoms with Crippen LogP contribution in [0, 0.1) is 0 Å². The third-order valence-electron chi connectivity index (χ3n) is 2.42. The first-order chi connectivity index (χ1) is 9.90. The molecule has 0 aromatic heterocycles. The third kappa shape index (κ3) is 4.03. The number of methoxy groups -OCH3 is 2. The molecule has 0 aliphatic rings. The molecule has 0 saturated heterocycles. The smallest absolute Gasteiger partial charge is 0.359 e. The lowest BCUT2D eigenvalue weighted by Crippen LogP contribution is -2.36. The summed E-state index contributed by atoms with van der Waals surface area (Å²) >= 11 is 0. The van der Waals surface area contributed by atoms with Gasteiger partial charge in [-0.25, -0.2) is 19.2 Å². The number of hydrogen-bond acceptors (Lipinski definition) is 7. The maximum absolute atomic E-state index is 11.8. The van der Waals surface area contributed by atoms with Crippen molar-refractivity contribution < 1.29 is 38.5 Å². The van der Waals surface area contributed by atoms with Gasteiger partial charge in [-0.15, -0.1) is 0 Å². The molecule has 21 heavy (non-hydrogen) atoms. The minimum atomic E-state index is -1.84. The van der Waals surface area contributed by atoms with Crippen molar-refractivity contribution in [2.75, 3.05) is 14.2 Å². The van der Waals surface area contributed by atoms with Gasteiger partial charge in [-0.2, -0.15) is 0 Å². The molecule has 0 amide bonds. The van der Waals surface area contributed by atoms with E-state index in [1.165, 1.54) is 24.3 Å². The molecule has 0 aliphatic heterocycles. The molecule has 0 unspecified atom stereocenters. The van der Waals surface area contributed by atoms with Crippen molar-refractivity contribution in [2.24, 2.45) is 0 Å². The predicted molar refractivity (Wildman–Crippen MR) is 66.6 cm³/mol. The second-order valence-electron chi connectivity index (χ2n) is 3.71. The highest BCUT2D eigenvalue weighted by Crippen LogP contribution is 2.09. The fourth-order valence-corrected chi connectivity index (χ4v) is 1.33. The molecule has 0 aliphatic carbocycles. The highest BCUT2D eigenvalue weighted by Gasteiger charge is 2.33.